The topological polar surface area (TPSA) is 24.7 Å². The molecule has 0 bridgehead atoms. The molecule has 2 nitrogen and oxygen atoms in total. The van der Waals surface area contributed by atoms with Gasteiger partial charge in [-0.1, -0.05) is 31.2 Å². The second-order valence-electron chi connectivity index (χ2n) is 3.57. The molecule has 1 unspecified atom stereocenters. The van der Waals surface area contributed by atoms with Crippen LogP contribution in [0.3, 0.4) is 0 Å². The fourth-order valence-electron chi connectivity index (χ4n) is 1.42. The van der Waals surface area contributed by atoms with Crippen LogP contribution in [0, 0.1) is 5.92 Å². The Morgan fingerprint density at radius 3 is 2.73 bits per heavy atom. The Morgan fingerprint density at radius 1 is 1.33 bits per heavy atom. The zero-order valence-corrected chi connectivity index (χ0v) is 9.64. The first-order valence-corrected chi connectivity index (χ1v) is 5.26. The third-order valence-electron chi connectivity index (χ3n) is 2.20. The van der Waals surface area contributed by atoms with Crippen molar-refractivity contribution in [3.05, 3.63) is 36.0 Å². The maximum atomic E-state index is 4.57. The molecule has 0 aromatic heterocycles. The summed E-state index contributed by atoms with van der Waals surface area (Å²) in [6.45, 7) is 4.95. The molecule has 0 saturated heterocycles. The molecular weight excluding hydrogens is 184 g/mol. The molecular formula is C13H18N2. The molecule has 1 aliphatic rings. The van der Waals surface area contributed by atoms with E-state index in [2.05, 4.69) is 29.1 Å². The molecule has 0 saturated carbocycles. The monoisotopic (exact) mass is 202 g/mol. The van der Waals surface area contributed by atoms with Gasteiger partial charge in [0.2, 0.25) is 0 Å². The Morgan fingerprint density at radius 2 is 2.07 bits per heavy atom. The van der Waals surface area contributed by atoms with Gasteiger partial charge in [-0.25, -0.2) is 0 Å². The standard InChI is InChI=1S/C13H18N2/c1-4-12-7-5-6-8-13(12)15-10-11(2)9-14-3/h4-9,11H,10H2,1-3H3/b12-4-,14-9?,15-13?. The maximum Gasteiger partial charge on any atom is 0.0643 e. The van der Waals surface area contributed by atoms with Crippen molar-refractivity contribution in [3.8, 4) is 0 Å². The molecule has 0 spiro atoms. The second kappa shape index (κ2) is 6.12. The van der Waals surface area contributed by atoms with Crippen molar-refractivity contribution < 1.29 is 0 Å². The van der Waals surface area contributed by atoms with E-state index in [4.69, 9.17) is 0 Å². The highest BCUT2D eigenvalue weighted by Gasteiger charge is 2.03. The average Bonchev–Trinajstić information content (AvgIpc) is 2.27. The highest BCUT2D eigenvalue weighted by Crippen LogP contribution is 2.08. The third-order valence-corrected chi connectivity index (χ3v) is 2.20. The third kappa shape index (κ3) is 3.66. The number of nitrogens with zero attached hydrogens (tertiary/aromatic N) is 2. The Bertz CT molecular complexity index is 344. The van der Waals surface area contributed by atoms with Crippen molar-refractivity contribution in [2.45, 2.75) is 13.8 Å². The second-order valence-corrected chi connectivity index (χ2v) is 3.57. The fourth-order valence-corrected chi connectivity index (χ4v) is 1.42. The number of rotatable bonds is 3. The van der Waals surface area contributed by atoms with E-state index < -0.39 is 0 Å². The van der Waals surface area contributed by atoms with Crippen molar-refractivity contribution >= 4 is 11.9 Å². The molecule has 0 amide bonds. The van der Waals surface area contributed by atoms with Gasteiger partial charge in [-0.05, 0) is 18.6 Å². The first kappa shape index (κ1) is 11.6. The highest BCUT2D eigenvalue weighted by atomic mass is 14.8. The predicted molar refractivity (Wildman–Crippen MR) is 67.9 cm³/mol. The zero-order valence-electron chi connectivity index (χ0n) is 9.64. The molecule has 0 radical (unpaired) electrons. The van der Waals surface area contributed by atoms with Crippen LogP contribution in [0.5, 0.6) is 0 Å². The molecule has 1 atom stereocenters. The Hall–Kier alpha value is -1.44. The summed E-state index contributed by atoms with van der Waals surface area (Å²) in [6, 6.07) is 0. The van der Waals surface area contributed by atoms with E-state index in [9.17, 15) is 0 Å². The largest absolute Gasteiger partial charge is 0.301 e. The molecule has 0 aromatic rings. The summed E-state index contributed by atoms with van der Waals surface area (Å²) in [5, 5.41) is 0. The van der Waals surface area contributed by atoms with Crippen molar-refractivity contribution in [1.29, 1.82) is 0 Å². The predicted octanol–water partition coefficient (Wildman–Crippen LogP) is 2.84. The zero-order chi connectivity index (χ0) is 11.1. The molecule has 0 fully saturated rings. The Kier molecular flexibility index (Phi) is 4.75. The molecule has 0 aromatic carbocycles. The van der Waals surface area contributed by atoms with Crippen LogP contribution in [-0.4, -0.2) is 25.5 Å². The van der Waals surface area contributed by atoms with Gasteiger partial charge in [-0.15, -0.1) is 0 Å². The van der Waals surface area contributed by atoms with E-state index >= 15 is 0 Å². The first-order chi connectivity index (χ1) is 7.27. The van der Waals surface area contributed by atoms with E-state index in [-0.39, 0.29) is 0 Å². The van der Waals surface area contributed by atoms with Gasteiger partial charge < -0.3 is 4.99 Å². The number of hydrogen-bond acceptors (Lipinski definition) is 2. The van der Waals surface area contributed by atoms with Gasteiger partial charge >= 0.3 is 0 Å². The van der Waals surface area contributed by atoms with Crippen LogP contribution in [0.1, 0.15) is 13.8 Å². The lowest BCUT2D eigenvalue weighted by Gasteiger charge is -2.07. The van der Waals surface area contributed by atoms with Gasteiger partial charge in [0.1, 0.15) is 0 Å². The van der Waals surface area contributed by atoms with E-state index in [0.29, 0.717) is 5.92 Å². The van der Waals surface area contributed by atoms with Crippen LogP contribution in [0.25, 0.3) is 0 Å². The summed E-state index contributed by atoms with van der Waals surface area (Å²) in [4.78, 5) is 8.57. The molecule has 0 heterocycles. The summed E-state index contributed by atoms with van der Waals surface area (Å²) in [7, 11) is 1.80. The van der Waals surface area contributed by atoms with Crippen molar-refractivity contribution in [2.75, 3.05) is 13.6 Å². The minimum absolute atomic E-state index is 0.403. The van der Waals surface area contributed by atoms with E-state index in [1.165, 1.54) is 5.57 Å². The summed E-state index contributed by atoms with van der Waals surface area (Å²) in [5.41, 5.74) is 2.26. The number of aliphatic imine (C=N–C) groups is 2. The lowest BCUT2D eigenvalue weighted by atomic mass is 10.1. The van der Waals surface area contributed by atoms with Gasteiger partial charge in [0.15, 0.2) is 0 Å². The fraction of sp³-hybridized carbons (Fsp3) is 0.385. The van der Waals surface area contributed by atoms with E-state index in [1.807, 2.05) is 31.4 Å². The van der Waals surface area contributed by atoms with Gasteiger partial charge in [-0.3, -0.25) is 4.99 Å². The Labute approximate surface area is 91.8 Å². The lowest BCUT2D eigenvalue weighted by Crippen LogP contribution is -2.06. The van der Waals surface area contributed by atoms with Crippen LogP contribution in [0.15, 0.2) is 45.9 Å². The van der Waals surface area contributed by atoms with Crippen molar-refractivity contribution in [3.63, 3.8) is 0 Å². The quantitative estimate of drug-likeness (QED) is 0.629. The van der Waals surface area contributed by atoms with E-state index in [1.54, 1.807) is 7.05 Å². The lowest BCUT2D eigenvalue weighted by molar-refractivity contribution is 0.799. The van der Waals surface area contributed by atoms with Crippen LogP contribution in [0.2, 0.25) is 0 Å². The summed E-state index contributed by atoms with van der Waals surface area (Å²) < 4.78 is 0. The minimum atomic E-state index is 0.403. The average molecular weight is 202 g/mol. The van der Waals surface area contributed by atoms with Gasteiger partial charge in [0.25, 0.3) is 0 Å². The minimum Gasteiger partial charge on any atom is -0.301 e. The van der Waals surface area contributed by atoms with Crippen molar-refractivity contribution in [2.24, 2.45) is 15.9 Å². The van der Waals surface area contributed by atoms with Crippen LogP contribution < -0.4 is 0 Å². The maximum absolute atomic E-state index is 4.57. The first-order valence-electron chi connectivity index (χ1n) is 5.26. The summed E-state index contributed by atoms with van der Waals surface area (Å²) in [5.74, 6) is 0.403. The van der Waals surface area contributed by atoms with Crippen molar-refractivity contribution in [1.82, 2.24) is 0 Å². The highest BCUT2D eigenvalue weighted by molar-refractivity contribution is 6.11. The number of hydrogen-bond donors (Lipinski definition) is 0. The van der Waals surface area contributed by atoms with Crippen LogP contribution in [-0.2, 0) is 0 Å². The summed E-state index contributed by atoms with van der Waals surface area (Å²) in [6.07, 6.45) is 12.2. The molecule has 80 valence electrons. The molecule has 0 aliphatic heterocycles. The molecule has 0 N–H and O–H groups in total. The summed E-state index contributed by atoms with van der Waals surface area (Å²) >= 11 is 0. The number of allylic oxidation sites excluding steroid dienone is 6. The van der Waals surface area contributed by atoms with Crippen LogP contribution >= 0.6 is 0 Å². The van der Waals surface area contributed by atoms with Gasteiger partial charge in [0, 0.05) is 25.7 Å². The van der Waals surface area contributed by atoms with Crippen LogP contribution in [0.4, 0.5) is 0 Å². The van der Waals surface area contributed by atoms with Gasteiger partial charge in [-0.2, -0.15) is 0 Å². The Balaban J connectivity index is 2.66. The SMILES string of the molecule is C/C=C1/C=CC=CC1=NCC(C)C=NC. The van der Waals surface area contributed by atoms with Gasteiger partial charge in [0.05, 0.1) is 5.71 Å². The molecule has 1 aliphatic carbocycles. The normalized spacial score (nSPS) is 23.1. The smallest absolute Gasteiger partial charge is 0.0643 e. The molecule has 15 heavy (non-hydrogen) atoms. The molecule has 1 rings (SSSR count). The van der Waals surface area contributed by atoms with E-state index in [0.717, 1.165) is 12.3 Å². The molecule has 2 heteroatoms.